The second kappa shape index (κ2) is 1.65. The third-order valence-electron chi connectivity index (χ3n) is 0.423. The zero-order valence-corrected chi connectivity index (χ0v) is 3.10. The first-order chi connectivity index (χ1) is 5.04. The van der Waals surface area contributed by atoms with E-state index in [9.17, 15) is 0 Å². The molecule has 1 aliphatic heterocycles. The fourth-order valence-corrected chi connectivity index (χ4v) is 0.218. The molecule has 0 aliphatic carbocycles. The Morgan fingerprint density at radius 3 is 4.00 bits per heavy atom. The summed E-state index contributed by atoms with van der Waals surface area (Å²) in [5.74, 6) is 0. The summed E-state index contributed by atoms with van der Waals surface area (Å²) in [7, 11) is 0. The fourth-order valence-electron chi connectivity index (χ4n) is 0.218. The number of nitrogens with one attached hydrogen (secondary N) is 1. The molecule has 6 heavy (non-hydrogen) atoms. The SMILES string of the molecule is [2H]C1=CN([2H])C([2H])C([2H])=C1[2H]. The quantitative estimate of drug-likeness (QED) is 0.456. The molecule has 1 heterocycles. The molecule has 1 aliphatic rings. The van der Waals surface area contributed by atoms with Crippen LogP contribution in [0.4, 0.5) is 0 Å². The van der Waals surface area contributed by atoms with Crippen LogP contribution in [0.15, 0.2) is 24.4 Å². The van der Waals surface area contributed by atoms with Crippen LogP contribution in [0.3, 0.4) is 0 Å². The Hall–Kier alpha value is -0.720. The fraction of sp³-hybridized carbons (Fsp3) is 0.200. The zero-order valence-electron chi connectivity index (χ0n) is 8.10. The van der Waals surface area contributed by atoms with Gasteiger partial charge in [-0.1, -0.05) is 12.1 Å². The molecule has 0 radical (unpaired) electrons. The van der Waals surface area contributed by atoms with E-state index in [0.717, 1.165) is 6.20 Å². The topological polar surface area (TPSA) is 12.0 Å². The van der Waals surface area contributed by atoms with E-state index < -0.39 is 6.52 Å². The Kier molecular flexibility index (Phi) is 0.252. The maximum atomic E-state index is 7.15. The van der Waals surface area contributed by atoms with Crippen LogP contribution in [0.25, 0.3) is 0 Å². The Morgan fingerprint density at radius 2 is 3.00 bits per heavy atom. The maximum absolute atomic E-state index is 7.15. The first-order valence-electron chi connectivity index (χ1n) is 4.12. The van der Waals surface area contributed by atoms with Crippen LogP contribution in [0.1, 0.15) is 5.48 Å². The van der Waals surface area contributed by atoms with E-state index in [0.29, 0.717) is 5.31 Å². The van der Waals surface area contributed by atoms with Gasteiger partial charge >= 0.3 is 0 Å². The average molecular weight is 86.1 g/mol. The van der Waals surface area contributed by atoms with Crippen LogP contribution in [0, 0.1) is 0 Å². The molecule has 1 N–H and O–H groups in total. The highest BCUT2D eigenvalue weighted by Crippen LogP contribution is 1.78. The molecule has 0 aromatic rings. The van der Waals surface area contributed by atoms with Crippen molar-refractivity contribution in [3.8, 4) is 0 Å². The van der Waals surface area contributed by atoms with E-state index in [-0.39, 0.29) is 18.2 Å². The van der Waals surface area contributed by atoms with Crippen molar-refractivity contribution in [3.63, 3.8) is 0 Å². The van der Waals surface area contributed by atoms with E-state index in [4.69, 9.17) is 6.89 Å². The summed E-state index contributed by atoms with van der Waals surface area (Å²) in [6, 6.07) is -0.755. The lowest BCUT2D eigenvalue weighted by atomic mass is 10.4. The van der Waals surface area contributed by atoms with Crippen molar-refractivity contribution in [2.24, 2.45) is 0 Å². The highest BCUT2D eigenvalue weighted by Gasteiger charge is 1.73. The molecular weight excluding hydrogens is 74.1 g/mol. The molecule has 0 saturated heterocycles. The van der Waals surface area contributed by atoms with Gasteiger partial charge in [-0.2, -0.15) is 0 Å². The monoisotopic (exact) mass is 86.1 g/mol. The van der Waals surface area contributed by atoms with Gasteiger partial charge in [0.1, 0.15) is 0 Å². The Balaban J connectivity index is 3.02. The van der Waals surface area contributed by atoms with Crippen LogP contribution in [-0.2, 0) is 0 Å². The first kappa shape index (κ1) is 0.915. The van der Waals surface area contributed by atoms with Crippen molar-refractivity contribution in [1.82, 2.24) is 5.31 Å². The van der Waals surface area contributed by atoms with Crippen molar-refractivity contribution in [2.75, 3.05) is 6.52 Å². The molecule has 0 saturated carbocycles. The highest BCUT2D eigenvalue weighted by atomic mass is 14.8. The van der Waals surface area contributed by atoms with Gasteiger partial charge in [-0.15, -0.1) is 0 Å². The van der Waals surface area contributed by atoms with E-state index in [1.54, 1.807) is 0 Å². The third-order valence-corrected chi connectivity index (χ3v) is 0.423. The lowest BCUT2D eigenvalue weighted by Gasteiger charge is -1.94. The lowest BCUT2D eigenvalue weighted by molar-refractivity contribution is 0.972. The molecule has 0 aromatic heterocycles. The van der Waals surface area contributed by atoms with Gasteiger partial charge in [-0.3, -0.25) is 0 Å². The van der Waals surface area contributed by atoms with E-state index >= 15 is 0 Å². The first-order valence-corrected chi connectivity index (χ1v) is 1.59. The van der Waals surface area contributed by atoms with Gasteiger partial charge in [0, 0.05) is 6.52 Å². The van der Waals surface area contributed by atoms with Gasteiger partial charge in [0.25, 0.3) is 0 Å². The second-order valence-electron chi connectivity index (χ2n) is 0.821. The normalized spacial score (nSPS) is 48.0. The molecule has 1 atom stereocenters. The summed E-state index contributed by atoms with van der Waals surface area (Å²) < 4.78 is 35.5. The predicted octanol–water partition coefficient (Wildman–Crippen LogP) is 0.659. The van der Waals surface area contributed by atoms with Crippen LogP contribution < -0.4 is 5.31 Å². The van der Waals surface area contributed by atoms with Gasteiger partial charge in [0.05, 0.1) is 5.48 Å². The summed E-state index contributed by atoms with van der Waals surface area (Å²) in [5, 5.41) is 0.683. The maximum Gasteiger partial charge on any atom is 0.160 e. The van der Waals surface area contributed by atoms with Crippen LogP contribution >= 0.6 is 0 Å². The summed E-state index contributed by atoms with van der Waals surface area (Å²) in [4.78, 5) is 0. The lowest BCUT2D eigenvalue weighted by Crippen LogP contribution is -2.05. The van der Waals surface area contributed by atoms with E-state index in [1.165, 1.54) is 0 Å². The zero-order chi connectivity index (χ0) is 8.59. The molecule has 32 valence electrons. The molecule has 0 fully saturated rings. The average Bonchev–Trinajstić information content (AvgIpc) is 1.97. The molecule has 0 aromatic carbocycles. The van der Waals surface area contributed by atoms with Crippen molar-refractivity contribution in [2.45, 2.75) is 0 Å². The number of hydrogen-bond donors (Lipinski definition) is 1. The van der Waals surface area contributed by atoms with Gasteiger partial charge in [0.2, 0.25) is 0 Å². The van der Waals surface area contributed by atoms with E-state index in [1.807, 2.05) is 0 Å². The van der Waals surface area contributed by atoms with Crippen molar-refractivity contribution >= 4 is 0 Å². The number of hydrogen-bond acceptors (Lipinski definition) is 1. The van der Waals surface area contributed by atoms with Crippen molar-refractivity contribution < 1.29 is 6.89 Å². The minimum absolute atomic E-state index is 0.187. The number of dihydropyridines is 1. The minimum atomic E-state index is -1.16. The molecule has 1 nitrogen and oxygen atoms in total. The largest absolute Gasteiger partial charge is 0.387 e. The molecule has 1 unspecified atom stereocenters. The smallest absolute Gasteiger partial charge is 0.160 e. The van der Waals surface area contributed by atoms with Crippen LogP contribution in [-0.4, -0.2) is 6.52 Å². The highest BCUT2D eigenvalue weighted by molar-refractivity contribution is 5.06. The Labute approximate surface area is 44.4 Å². The van der Waals surface area contributed by atoms with Gasteiger partial charge in [0.15, 0.2) is 1.41 Å². The minimum Gasteiger partial charge on any atom is -0.387 e. The summed E-state index contributed by atoms with van der Waals surface area (Å²) in [6.07, 6.45) is 1.05. The Bertz CT molecular complexity index is 233. The van der Waals surface area contributed by atoms with Crippen LogP contribution in [0.5, 0.6) is 0 Å². The van der Waals surface area contributed by atoms with Gasteiger partial charge < -0.3 is 5.31 Å². The number of allylic oxidation sites excluding steroid dienone is 2. The van der Waals surface area contributed by atoms with Crippen molar-refractivity contribution in [3.05, 3.63) is 24.4 Å². The van der Waals surface area contributed by atoms with Gasteiger partial charge in [-0.05, 0) is 12.3 Å². The van der Waals surface area contributed by atoms with Crippen LogP contribution in [0.2, 0.25) is 1.41 Å². The summed E-state index contributed by atoms with van der Waals surface area (Å²) in [6.45, 7) is -1.16. The molecule has 1 heteroatoms. The predicted molar refractivity (Wildman–Crippen MR) is 26.3 cm³/mol. The summed E-state index contributed by atoms with van der Waals surface area (Å²) in [5.41, 5.74) is 0. The standard InChI is InChI=1S/C5H7N/c1-2-4-6-5-3-1/h1-4,6H,5H2/i1D,2D,3D,5D/hD. The number of rotatable bonds is 0. The van der Waals surface area contributed by atoms with E-state index in [2.05, 4.69) is 0 Å². The molecule has 0 spiro atoms. The third kappa shape index (κ3) is 0.612. The molecular formula is C5H7N. The van der Waals surface area contributed by atoms with Crippen molar-refractivity contribution in [1.29, 1.82) is 0 Å². The molecule has 0 amide bonds. The summed E-state index contributed by atoms with van der Waals surface area (Å²) >= 11 is 0. The molecule has 1 rings (SSSR count). The second-order valence-corrected chi connectivity index (χ2v) is 0.821. The Morgan fingerprint density at radius 1 is 2.00 bits per heavy atom. The molecule has 0 bridgehead atoms. The van der Waals surface area contributed by atoms with Gasteiger partial charge in [-0.25, -0.2) is 0 Å².